The minimum absolute atomic E-state index is 0.0477. The summed E-state index contributed by atoms with van der Waals surface area (Å²) < 4.78 is 1.59. The number of pyridine rings is 1. The average Bonchev–Trinajstić information content (AvgIpc) is 2.79. The zero-order valence-corrected chi connectivity index (χ0v) is 10.5. The molecule has 0 saturated carbocycles. The van der Waals surface area contributed by atoms with Crippen molar-refractivity contribution in [2.24, 2.45) is 0 Å². The standard InChI is InChI=1S/C12H10N4OS/c1-8-14-4-9(18-8)6-16-7-15-11-5-13-3-2-10(11)12(16)17/h2-5,7H,6H2,1H3. The summed E-state index contributed by atoms with van der Waals surface area (Å²) in [6.45, 7) is 2.46. The van der Waals surface area contributed by atoms with E-state index in [9.17, 15) is 4.79 Å². The van der Waals surface area contributed by atoms with Crippen LogP contribution in [0.5, 0.6) is 0 Å². The maximum Gasteiger partial charge on any atom is 0.261 e. The fourth-order valence-electron chi connectivity index (χ4n) is 1.77. The van der Waals surface area contributed by atoms with Gasteiger partial charge in [0, 0.05) is 17.3 Å². The Labute approximate surface area is 107 Å². The van der Waals surface area contributed by atoms with Gasteiger partial charge >= 0.3 is 0 Å². The number of hydrogen-bond acceptors (Lipinski definition) is 5. The van der Waals surface area contributed by atoms with E-state index in [1.54, 1.807) is 46.9 Å². The molecule has 0 saturated heterocycles. The van der Waals surface area contributed by atoms with Crippen LogP contribution in [0.3, 0.4) is 0 Å². The predicted molar refractivity (Wildman–Crippen MR) is 69.8 cm³/mol. The van der Waals surface area contributed by atoms with E-state index in [1.807, 2.05) is 6.92 Å². The molecule has 0 spiro atoms. The molecule has 0 aliphatic heterocycles. The van der Waals surface area contributed by atoms with Crippen LogP contribution in [0.15, 0.2) is 35.8 Å². The first-order valence-corrected chi connectivity index (χ1v) is 6.26. The topological polar surface area (TPSA) is 60.7 Å². The Bertz CT molecular complexity index is 762. The molecule has 18 heavy (non-hydrogen) atoms. The van der Waals surface area contributed by atoms with Crippen LogP contribution in [0.1, 0.15) is 9.88 Å². The van der Waals surface area contributed by atoms with E-state index < -0.39 is 0 Å². The number of thiazole rings is 1. The second-order valence-electron chi connectivity index (χ2n) is 3.92. The van der Waals surface area contributed by atoms with Crippen molar-refractivity contribution in [3.8, 4) is 0 Å². The molecule has 0 radical (unpaired) electrons. The summed E-state index contributed by atoms with van der Waals surface area (Å²) in [4.78, 5) is 25.6. The van der Waals surface area contributed by atoms with Gasteiger partial charge in [0.25, 0.3) is 5.56 Å². The molecular formula is C12H10N4OS. The van der Waals surface area contributed by atoms with E-state index in [1.165, 1.54) is 0 Å². The minimum Gasteiger partial charge on any atom is -0.293 e. The molecule has 6 heteroatoms. The highest BCUT2D eigenvalue weighted by molar-refractivity contribution is 7.11. The van der Waals surface area contributed by atoms with Crippen LogP contribution in [0.2, 0.25) is 0 Å². The molecule has 0 aromatic carbocycles. The zero-order valence-electron chi connectivity index (χ0n) is 9.70. The van der Waals surface area contributed by atoms with Crippen molar-refractivity contribution < 1.29 is 0 Å². The van der Waals surface area contributed by atoms with Gasteiger partial charge in [-0.2, -0.15) is 0 Å². The van der Waals surface area contributed by atoms with E-state index >= 15 is 0 Å². The maximum atomic E-state index is 12.2. The number of nitrogens with zero attached hydrogens (tertiary/aromatic N) is 4. The smallest absolute Gasteiger partial charge is 0.261 e. The van der Waals surface area contributed by atoms with Gasteiger partial charge in [-0.15, -0.1) is 11.3 Å². The van der Waals surface area contributed by atoms with Crippen LogP contribution in [-0.4, -0.2) is 19.5 Å². The normalized spacial score (nSPS) is 10.9. The predicted octanol–water partition coefficient (Wildman–Crippen LogP) is 1.60. The Hall–Kier alpha value is -2.08. The van der Waals surface area contributed by atoms with Crippen LogP contribution < -0.4 is 5.56 Å². The third kappa shape index (κ3) is 1.91. The maximum absolute atomic E-state index is 12.2. The summed E-state index contributed by atoms with van der Waals surface area (Å²) >= 11 is 1.59. The SMILES string of the molecule is Cc1ncc(Cn2cnc3cnccc3c2=O)s1. The Balaban J connectivity index is 2.08. The molecule has 0 fully saturated rings. The van der Waals surface area contributed by atoms with Crippen molar-refractivity contribution >= 4 is 22.2 Å². The fourth-order valence-corrected chi connectivity index (χ4v) is 2.56. The van der Waals surface area contributed by atoms with Crippen molar-refractivity contribution in [1.82, 2.24) is 19.5 Å². The van der Waals surface area contributed by atoms with Gasteiger partial charge in [-0.3, -0.25) is 14.3 Å². The molecule has 90 valence electrons. The lowest BCUT2D eigenvalue weighted by atomic mass is 10.3. The van der Waals surface area contributed by atoms with Crippen molar-refractivity contribution in [2.45, 2.75) is 13.5 Å². The van der Waals surface area contributed by atoms with Crippen molar-refractivity contribution in [3.63, 3.8) is 0 Å². The Morgan fingerprint density at radius 3 is 3.00 bits per heavy atom. The molecule has 0 bridgehead atoms. The van der Waals surface area contributed by atoms with E-state index in [2.05, 4.69) is 15.0 Å². The van der Waals surface area contributed by atoms with Gasteiger partial charge in [0.1, 0.15) is 0 Å². The van der Waals surface area contributed by atoms with E-state index in [-0.39, 0.29) is 5.56 Å². The summed E-state index contributed by atoms with van der Waals surface area (Å²) in [5.41, 5.74) is 0.577. The molecule has 0 atom stereocenters. The van der Waals surface area contributed by atoms with Crippen molar-refractivity contribution in [1.29, 1.82) is 0 Å². The van der Waals surface area contributed by atoms with Gasteiger partial charge in [0.05, 0.1) is 35.0 Å². The lowest BCUT2D eigenvalue weighted by molar-refractivity contribution is 0.756. The second-order valence-corrected chi connectivity index (χ2v) is 5.24. The largest absolute Gasteiger partial charge is 0.293 e. The molecule has 0 unspecified atom stereocenters. The van der Waals surface area contributed by atoms with Crippen LogP contribution in [0, 0.1) is 6.92 Å². The summed E-state index contributed by atoms with van der Waals surface area (Å²) in [6, 6.07) is 1.69. The van der Waals surface area contributed by atoms with E-state index in [0.29, 0.717) is 17.4 Å². The number of aryl methyl sites for hydroxylation is 1. The molecular weight excluding hydrogens is 248 g/mol. The third-order valence-corrected chi connectivity index (χ3v) is 3.52. The Morgan fingerprint density at radius 2 is 2.22 bits per heavy atom. The zero-order chi connectivity index (χ0) is 12.5. The fraction of sp³-hybridized carbons (Fsp3) is 0.167. The second kappa shape index (κ2) is 4.30. The van der Waals surface area contributed by atoms with Gasteiger partial charge in [-0.1, -0.05) is 0 Å². The van der Waals surface area contributed by atoms with Crippen LogP contribution in [0.4, 0.5) is 0 Å². The lowest BCUT2D eigenvalue weighted by Crippen LogP contribution is -2.20. The molecule has 0 aliphatic carbocycles. The molecule has 0 amide bonds. The minimum atomic E-state index is -0.0477. The number of aromatic nitrogens is 4. The Kier molecular flexibility index (Phi) is 2.64. The number of rotatable bonds is 2. The first-order chi connectivity index (χ1) is 8.74. The van der Waals surface area contributed by atoms with Crippen molar-refractivity contribution in [2.75, 3.05) is 0 Å². The molecule has 0 aliphatic rings. The van der Waals surface area contributed by atoms with Crippen LogP contribution in [0.25, 0.3) is 10.9 Å². The number of hydrogen-bond donors (Lipinski definition) is 0. The molecule has 5 nitrogen and oxygen atoms in total. The summed E-state index contributed by atoms with van der Waals surface area (Å²) in [7, 11) is 0. The average molecular weight is 258 g/mol. The molecule has 3 rings (SSSR count). The van der Waals surface area contributed by atoms with Gasteiger partial charge in [-0.05, 0) is 13.0 Å². The monoisotopic (exact) mass is 258 g/mol. The Morgan fingerprint density at radius 1 is 1.33 bits per heavy atom. The van der Waals surface area contributed by atoms with Crippen LogP contribution in [-0.2, 0) is 6.54 Å². The molecule has 3 aromatic heterocycles. The first kappa shape index (κ1) is 11.0. The molecule has 3 heterocycles. The quantitative estimate of drug-likeness (QED) is 0.700. The van der Waals surface area contributed by atoms with E-state index in [0.717, 1.165) is 9.88 Å². The van der Waals surface area contributed by atoms with Gasteiger partial charge in [0.2, 0.25) is 0 Å². The van der Waals surface area contributed by atoms with Crippen LogP contribution >= 0.6 is 11.3 Å². The molecule has 3 aromatic rings. The van der Waals surface area contributed by atoms with Crippen molar-refractivity contribution in [3.05, 3.63) is 51.2 Å². The summed E-state index contributed by atoms with van der Waals surface area (Å²) in [5, 5.41) is 1.59. The van der Waals surface area contributed by atoms with Gasteiger partial charge in [-0.25, -0.2) is 9.97 Å². The molecule has 0 N–H and O–H groups in total. The highest BCUT2D eigenvalue weighted by Gasteiger charge is 2.05. The summed E-state index contributed by atoms with van der Waals surface area (Å²) in [5.74, 6) is 0. The third-order valence-electron chi connectivity index (χ3n) is 2.62. The highest BCUT2D eigenvalue weighted by atomic mass is 32.1. The van der Waals surface area contributed by atoms with E-state index in [4.69, 9.17) is 0 Å². The van der Waals surface area contributed by atoms with Gasteiger partial charge in [0.15, 0.2) is 0 Å². The number of fused-ring (bicyclic) bond motifs is 1. The lowest BCUT2D eigenvalue weighted by Gasteiger charge is -2.03. The summed E-state index contributed by atoms with van der Waals surface area (Å²) in [6.07, 6.45) is 6.55. The van der Waals surface area contributed by atoms with Gasteiger partial charge < -0.3 is 0 Å². The highest BCUT2D eigenvalue weighted by Crippen LogP contribution is 2.12. The first-order valence-electron chi connectivity index (χ1n) is 5.44.